The first-order chi connectivity index (χ1) is 8.32. The van der Waals surface area contributed by atoms with Crippen LogP contribution in [0, 0.1) is 6.92 Å². The molecule has 0 amide bonds. The second kappa shape index (κ2) is 7.83. The number of hydrogen-bond acceptors (Lipinski definition) is 3. The van der Waals surface area contributed by atoms with Gasteiger partial charge >= 0.3 is 17.9 Å². The quantitative estimate of drug-likeness (QED) is 0.844. The van der Waals surface area contributed by atoms with Crippen molar-refractivity contribution in [3.05, 3.63) is 35.4 Å². The number of aryl methyl sites for hydroxylation is 1. The van der Waals surface area contributed by atoms with Crippen LogP contribution < -0.4 is 0 Å². The lowest BCUT2D eigenvalue weighted by molar-refractivity contribution is -0.143. The Labute approximate surface area is 103 Å². The fourth-order valence-electron chi connectivity index (χ4n) is 0.904. The molecule has 0 saturated heterocycles. The number of aliphatic carboxylic acids is 2. The van der Waals surface area contributed by atoms with E-state index in [9.17, 15) is 19.5 Å². The van der Waals surface area contributed by atoms with Crippen molar-refractivity contribution in [2.75, 3.05) is 0 Å². The molecule has 2 N–H and O–H groups in total. The number of rotatable bonds is 4. The van der Waals surface area contributed by atoms with Crippen molar-refractivity contribution in [3.63, 3.8) is 0 Å². The van der Waals surface area contributed by atoms with E-state index in [0.717, 1.165) is 5.56 Å². The zero-order chi connectivity index (χ0) is 14.1. The Kier molecular flexibility index (Phi) is 6.80. The minimum Gasteiger partial charge on any atom is -0.481 e. The van der Waals surface area contributed by atoms with Gasteiger partial charge in [-0.2, -0.15) is 0 Å². The third kappa shape index (κ3) is 7.86. The van der Waals surface area contributed by atoms with Crippen LogP contribution in [0.4, 0.5) is 0 Å². The molecule has 1 aromatic carbocycles. The average molecular weight is 253 g/mol. The SMILES string of the molecule is Cc1ccc(C([O])=O)cc1.O=C(O)CCC(=O)O. The van der Waals surface area contributed by atoms with Gasteiger partial charge in [0.05, 0.1) is 18.4 Å². The summed E-state index contributed by atoms with van der Waals surface area (Å²) in [5, 5.41) is 26.0. The van der Waals surface area contributed by atoms with Gasteiger partial charge in [-0.05, 0) is 19.1 Å². The summed E-state index contributed by atoms with van der Waals surface area (Å²) in [5.74, 6) is -3.28. The number of carbonyl (C=O) groups excluding carboxylic acids is 1. The second-order valence-electron chi connectivity index (χ2n) is 3.44. The van der Waals surface area contributed by atoms with Gasteiger partial charge < -0.3 is 10.2 Å². The molecule has 0 aliphatic heterocycles. The molecule has 0 atom stereocenters. The third-order valence-corrected chi connectivity index (χ3v) is 1.84. The molecule has 0 aromatic heterocycles. The summed E-state index contributed by atoms with van der Waals surface area (Å²) in [6.07, 6.45) is -0.593. The first-order valence-corrected chi connectivity index (χ1v) is 5.04. The van der Waals surface area contributed by atoms with Crippen LogP contribution in [0.2, 0.25) is 0 Å². The van der Waals surface area contributed by atoms with E-state index in [1.807, 2.05) is 6.92 Å². The van der Waals surface area contributed by atoms with Gasteiger partial charge in [0, 0.05) is 0 Å². The Morgan fingerprint density at radius 1 is 0.944 bits per heavy atom. The van der Waals surface area contributed by atoms with Gasteiger partial charge in [0.15, 0.2) is 0 Å². The molecule has 0 heterocycles. The normalized spacial score (nSPS) is 8.94. The van der Waals surface area contributed by atoms with Crippen LogP contribution >= 0.6 is 0 Å². The predicted molar refractivity (Wildman–Crippen MR) is 60.7 cm³/mol. The summed E-state index contributed by atoms with van der Waals surface area (Å²) in [6, 6.07) is 6.55. The maximum absolute atomic E-state index is 10.2. The molecule has 0 aliphatic rings. The highest BCUT2D eigenvalue weighted by Gasteiger charge is 2.01. The third-order valence-electron chi connectivity index (χ3n) is 1.84. The summed E-state index contributed by atoms with van der Waals surface area (Å²) in [6.45, 7) is 1.90. The topological polar surface area (TPSA) is 112 Å². The molecule has 1 radical (unpaired) electrons. The molecule has 0 spiro atoms. The number of carboxylic acids is 2. The number of benzene rings is 1. The minimum absolute atomic E-state index is 0.227. The fourth-order valence-corrected chi connectivity index (χ4v) is 0.904. The Morgan fingerprint density at radius 2 is 1.33 bits per heavy atom. The highest BCUT2D eigenvalue weighted by molar-refractivity contribution is 5.87. The number of carbonyl (C=O) groups is 3. The van der Waals surface area contributed by atoms with E-state index >= 15 is 0 Å². The molecule has 6 heteroatoms. The lowest BCUT2D eigenvalue weighted by atomic mass is 10.2. The first kappa shape index (κ1) is 15.6. The van der Waals surface area contributed by atoms with Crippen LogP contribution in [-0.2, 0) is 14.7 Å². The van der Waals surface area contributed by atoms with Crippen LogP contribution in [-0.4, -0.2) is 28.1 Å². The minimum atomic E-state index is -1.12. The molecule has 0 fully saturated rings. The Morgan fingerprint density at radius 3 is 1.61 bits per heavy atom. The van der Waals surface area contributed by atoms with E-state index in [1.165, 1.54) is 12.1 Å². The lowest BCUT2D eigenvalue weighted by Gasteiger charge is -1.91. The fraction of sp³-hybridized carbons (Fsp3) is 0.250. The van der Waals surface area contributed by atoms with Gasteiger partial charge in [-0.15, -0.1) is 0 Å². The highest BCUT2D eigenvalue weighted by Crippen LogP contribution is 2.02. The molecule has 0 aliphatic carbocycles. The molecule has 18 heavy (non-hydrogen) atoms. The molecular formula is C12H13O6. The summed E-state index contributed by atoms with van der Waals surface area (Å²) in [5.41, 5.74) is 1.27. The van der Waals surface area contributed by atoms with E-state index in [2.05, 4.69) is 0 Å². The van der Waals surface area contributed by atoms with Crippen LogP contribution in [0.5, 0.6) is 0 Å². The van der Waals surface area contributed by atoms with Gasteiger partial charge in [0.2, 0.25) is 0 Å². The maximum Gasteiger partial charge on any atom is 0.386 e. The smallest absolute Gasteiger partial charge is 0.386 e. The highest BCUT2D eigenvalue weighted by atomic mass is 16.4. The van der Waals surface area contributed by atoms with E-state index in [-0.39, 0.29) is 18.4 Å². The zero-order valence-electron chi connectivity index (χ0n) is 9.75. The first-order valence-electron chi connectivity index (χ1n) is 5.04. The monoisotopic (exact) mass is 253 g/mol. The Bertz CT molecular complexity index is 407. The summed E-state index contributed by atoms with van der Waals surface area (Å²) >= 11 is 0. The molecule has 6 nitrogen and oxygen atoms in total. The van der Waals surface area contributed by atoms with E-state index in [1.54, 1.807) is 12.1 Å². The summed E-state index contributed by atoms with van der Waals surface area (Å²) in [4.78, 5) is 29.5. The van der Waals surface area contributed by atoms with Crippen molar-refractivity contribution in [2.24, 2.45) is 0 Å². The largest absolute Gasteiger partial charge is 0.481 e. The molecule has 0 unspecified atom stereocenters. The van der Waals surface area contributed by atoms with Crippen molar-refractivity contribution >= 4 is 17.9 Å². The number of carboxylic acid groups (broad SMARTS) is 2. The van der Waals surface area contributed by atoms with Gasteiger partial charge in [-0.1, -0.05) is 17.7 Å². The second-order valence-corrected chi connectivity index (χ2v) is 3.44. The number of hydrogen-bond donors (Lipinski definition) is 2. The molecule has 0 saturated carbocycles. The van der Waals surface area contributed by atoms with E-state index < -0.39 is 17.9 Å². The van der Waals surface area contributed by atoms with Crippen molar-refractivity contribution in [1.29, 1.82) is 0 Å². The average Bonchev–Trinajstić information content (AvgIpc) is 2.28. The van der Waals surface area contributed by atoms with Crippen molar-refractivity contribution < 1.29 is 29.7 Å². The van der Waals surface area contributed by atoms with Crippen molar-refractivity contribution in [3.8, 4) is 0 Å². The van der Waals surface area contributed by atoms with E-state index in [4.69, 9.17) is 10.2 Å². The lowest BCUT2D eigenvalue weighted by Crippen LogP contribution is -2.00. The standard InChI is InChI=1S/C8H7O2.C4H6O4/c1-6-2-4-7(5-3-6)8(9)10;5-3(6)1-2-4(7)8/h2-5H,1H3;1-2H2,(H,5,6)(H,7,8). The molecular weight excluding hydrogens is 240 g/mol. The van der Waals surface area contributed by atoms with Crippen LogP contribution in [0.15, 0.2) is 24.3 Å². The maximum atomic E-state index is 10.2. The molecule has 0 bridgehead atoms. The molecule has 1 rings (SSSR count). The van der Waals surface area contributed by atoms with Gasteiger partial charge in [0.1, 0.15) is 0 Å². The summed E-state index contributed by atoms with van der Waals surface area (Å²) in [7, 11) is 0. The van der Waals surface area contributed by atoms with E-state index in [0.29, 0.717) is 0 Å². The Balaban J connectivity index is 0.000000331. The van der Waals surface area contributed by atoms with Crippen molar-refractivity contribution in [1.82, 2.24) is 0 Å². The zero-order valence-corrected chi connectivity index (χ0v) is 9.75. The van der Waals surface area contributed by atoms with Crippen LogP contribution in [0.25, 0.3) is 0 Å². The van der Waals surface area contributed by atoms with Crippen molar-refractivity contribution in [2.45, 2.75) is 19.8 Å². The predicted octanol–water partition coefficient (Wildman–Crippen LogP) is 1.50. The van der Waals surface area contributed by atoms with Gasteiger partial charge in [-0.25, -0.2) is 9.90 Å². The van der Waals surface area contributed by atoms with Crippen LogP contribution in [0.1, 0.15) is 28.8 Å². The molecule has 97 valence electrons. The van der Waals surface area contributed by atoms with Gasteiger partial charge in [0.25, 0.3) is 0 Å². The summed E-state index contributed by atoms with van der Waals surface area (Å²) < 4.78 is 0. The van der Waals surface area contributed by atoms with Gasteiger partial charge in [-0.3, -0.25) is 9.59 Å². The molecule has 1 aromatic rings. The Hall–Kier alpha value is -2.37. The van der Waals surface area contributed by atoms with Crippen LogP contribution in [0.3, 0.4) is 0 Å².